The summed E-state index contributed by atoms with van der Waals surface area (Å²) in [4.78, 5) is 25.5. The Bertz CT molecular complexity index is 3630. The van der Waals surface area contributed by atoms with Gasteiger partial charge in [0.05, 0.1) is 51.3 Å². The van der Waals surface area contributed by atoms with E-state index in [2.05, 4.69) is 134 Å². The van der Waals surface area contributed by atoms with Gasteiger partial charge < -0.3 is 18.9 Å². The van der Waals surface area contributed by atoms with E-state index in [1.807, 2.05) is 18.2 Å². The molecule has 0 bridgehead atoms. The van der Waals surface area contributed by atoms with Crippen LogP contribution in [0.25, 0.3) is 55.6 Å². The SMILES string of the molecule is CCCCCCCCC1(CCCCCCCC)c2cc(-c3ccccc3)ccc2-c2ccc(-c3ccc4c(c3)C(CCCCCCOC(=O)CCC(F)(F)C(F)(F)CSC(=S)OC)(CCCCCCOC(=O)CCC(F)(F)C(F)(F)CSC(=S)OCC)c3cc(-c5ccccc5)ccc3-4)cc21. The zero-order chi connectivity index (χ0) is 72.5. The standard InChI is InChI=1S/C83H100F8O6S4/c1-5-8-10-12-14-26-46-78(47-27-15-13-11-9-6-2)70-54-62(60-32-22-20-23-33-60)36-40-66(70)68-42-38-64(56-72(68)78)65-39-43-69-67-41-37-63(61-34-24-21-25-35-61)55-71(67)79(73(69)57-65,48-28-16-18-30-52-96-74(92)44-50-80(84,85)82(88,89)58-100-76(98)94-4)49-29-17-19-31-53-97-75(93)45-51-81(86,87)83(90,91)59-101-77(99)95-7-3/h20-25,32-43,54-57H,5-19,26-31,44-53,58-59H2,1-4H3. The van der Waals surface area contributed by atoms with Crippen molar-refractivity contribution in [2.45, 2.75) is 235 Å². The number of unbranched alkanes of at least 4 members (excludes halogenated alkanes) is 16. The Morgan fingerprint density at radius 3 is 1.01 bits per heavy atom. The quantitative estimate of drug-likeness (QED) is 0.0160. The number of carbonyl (C=O) groups excluding carboxylic acids is 2. The molecule has 1 atom stereocenters. The number of alkyl halides is 8. The molecule has 0 aliphatic heterocycles. The van der Waals surface area contributed by atoms with Crippen LogP contribution in [0.3, 0.4) is 0 Å². The molecule has 0 spiro atoms. The van der Waals surface area contributed by atoms with E-state index in [0.29, 0.717) is 49.2 Å². The maximum atomic E-state index is 14.8. The molecule has 0 radical (unpaired) electrons. The predicted molar refractivity (Wildman–Crippen MR) is 406 cm³/mol. The average molecular weight is 1470 g/mol. The highest BCUT2D eigenvalue weighted by Gasteiger charge is 2.57. The maximum absolute atomic E-state index is 14.8. The molecular formula is C83H100F8O6S4. The zero-order valence-electron chi connectivity index (χ0n) is 59.1. The van der Waals surface area contributed by atoms with Gasteiger partial charge in [0.1, 0.15) is 0 Å². The molecular weight excluding hydrogens is 1370 g/mol. The number of thiocarbonyl (C=S) groups is 2. The Kier molecular flexibility index (Phi) is 31.1. The Morgan fingerprint density at radius 1 is 0.376 bits per heavy atom. The van der Waals surface area contributed by atoms with Crippen molar-refractivity contribution in [1.82, 2.24) is 0 Å². The van der Waals surface area contributed by atoms with Crippen molar-refractivity contribution in [3.05, 3.63) is 156 Å². The van der Waals surface area contributed by atoms with Gasteiger partial charge in [-0.25, -0.2) is 0 Å². The van der Waals surface area contributed by atoms with E-state index in [0.717, 1.165) is 97.6 Å². The fraction of sp³-hybridized carbons (Fsp3) is 0.518. The summed E-state index contributed by atoms with van der Waals surface area (Å²) in [6, 6.07) is 49.1. The first-order chi connectivity index (χ1) is 48.6. The van der Waals surface area contributed by atoms with Crippen LogP contribution in [0.1, 0.15) is 223 Å². The normalized spacial score (nSPS) is 14.6. The third-order valence-electron chi connectivity index (χ3n) is 20.2. The minimum Gasteiger partial charge on any atom is -0.482 e. The number of hydrogen-bond acceptors (Lipinski definition) is 10. The van der Waals surface area contributed by atoms with Gasteiger partial charge in [0.25, 0.3) is 0 Å². The topological polar surface area (TPSA) is 71.1 Å². The Morgan fingerprint density at radius 2 is 0.683 bits per heavy atom. The van der Waals surface area contributed by atoms with Crippen molar-refractivity contribution >= 4 is 68.7 Å². The van der Waals surface area contributed by atoms with Crippen LogP contribution < -0.4 is 0 Å². The summed E-state index contributed by atoms with van der Waals surface area (Å²) in [5.74, 6) is -22.4. The Labute approximate surface area is 613 Å². The van der Waals surface area contributed by atoms with Gasteiger partial charge in [0.15, 0.2) is 0 Å². The monoisotopic (exact) mass is 1470 g/mol. The molecule has 0 amide bonds. The third-order valence-corrected chi connectivity index (χ3v) is 23.0. The highest BCUT2D eigenvalue weighted by Crippen LogP contribution is 2.59. The molecule has 6 aromatic carbocycles. The fourth-order valence-electron chi connectivity index (χ4n) is 14.6. The average Bonchev–Trinajstić information content (AvgIpc) is 1.57. The number of fused-ring (bicyclic) bond motifs is 6. The number of benzene rings is 6. The van der Waals surface area contributed by atoms with Crippen molar-refractivity contribution in [3.63, 3.8) is 0 Å². The summed E-state index contributed by atoms with van der Waals surface area (Å²) in [5, 5.41) is 0. The summed E-state index contributed by atoms with van der Waals surface area (Å²) in [5.41, 5.74) is 16.3. The molecule has 0 aromatic heterocycles. The molecule has 8 rings (SSSR count). The summed E-state index contributed by atoms with van der Waals surface area (Å²) in [6.07, 6.45) is 18.7. The van der Waals surface area contributed by atoms with Gasteiger partial charge in [-0.05, 0) is 172 Å². The van der Waals surface area contributed by atoms with E-state index in [-0.39, 0.29) is 34.0 Å². The molecule has 548 valence electrons. The van der Waals surface area contributed by atoms with Crippen LogP contribution in [0.4, 0.5) is 35.1 Å². The zero-order valence-corrected chi connectivity index (χ0v) is 62.4. The number of hydrogen-bond donors (Lipinski definition) is 0. The molecule has 6 nitrogen and oxygen atoms in total. The first-order valence-electron chi connectivity index (χ1n) is 36.6. The number of methoxy groups -OCH3 is 1. The summed E-state index contributed by atoms with van der Waals surface area (Å²) in [6.45, 7) is 6.14. The molecule has 2 aliphatic rings. The highest BCUT2D eigenvalue weighted by molar-refractivity contribution is 8.23. The minimum atomic E-state index is -4.48. The lowest BCUT2D eigenvalue weighted by atomic mass is 9.69. The molecule has 0 saturated carbocycles. The molecule has 18 heteroatoms. The van der Waals surface area contributed by atoms with Crippen molar-refractivity contribution in [3.8, 4) is 55.6 Å². The highest BCUT2D eigenvalue weighted by atomic mass is 32.2. The van der Waals surface area contributed by atoms with E-state index >= 15 is 0 Å². The number of ether oxygens (including phenoxy) is 4. The van der Waals surface area contributed by atoms with Crippen LogP contribution in [-0.2, 0) is 39.4 Å². The maximum Gasteiger partial charge on any atom is 0.319 e. The van der Waals surface area contributed by atoms with Crippen LogP contribution in [0.15, 0.2) is 133 Å². The number of rotatable bonds is 44. The lowest BCUT2D eigenvalue weighted by Crippen LogP contribution is -2.43. The molecule has 0 heterocycles. The second-order valence-electron chi connectivity index (χ2n) is 27.3. The Hall–Kier alpha value is -5.82. The van der Waals surface area contributed by atoms with Crippen molar-refractivity contribution in [2.24, 2.45) is 0 Å². The number of esters is 2. The summed E-state index contributed by atoms with van der Waals surface area (Å²) in [7, 11) is 1.17. The van der Waals surface area contributed by atoms with Gasteiger partial charge in [0, 0.05) is 23.7 Å². The Balaban J connectivity index is 1.08. The second kappa shape index (κ2) is 38.8. The summed E-state index contributed by atoms with van der Waals surface area (Å²) >= 11 is 10.2. The van der Waals surface area contributed by atoms with Crippen molar-refractivity contribution in [1.29, 1.82) is 0 Å². The molecule has 0 fully saturated rings. The molecule has 101 heavy (non-hydrogen) atoms. The number of halogens is 8. The summed E-state index contributed by atoms with van der Waals surface area (Å²) < 4.78 is 137. The molecule has 0 N–H and O–H groups in total. The van der Waals surface area contributed by atoms with E-state index < -0.39 is 78.2 Å². The number of carbonyl (C=O) groups is 2. The first kappa shape index (κ1) is 80.9. The number of thioether (sulfide) groups is 2. The van der Waals surface area contributed by atoms with Gasteiger partial charge in [-0.3, -0.25) is 9.59 Å². The lowest BCUT2D eigenvalue weighted by Gasteiger charge is -2.34. The van der Waals surface area contributed by atoms with E-state index in [1.165, 1.54) is 116 Å². The van der Waals surface area contributed by atoms with E-state index in [9.17, 15) is 44.7 Å². The minimum absolute atomic E-state index is 0.0546. The molecule has 0 saturated heterocycles. The van der Waals surface area contributed by atoms with Crippen LogP contribution in [0.5, 0.6) is 0 Å². The van der Waals surface area contributed by atoms with Gasteiger partial charge in [-0.1, -0.05) is 262 Å². The predicted octanol–water partition coefficient (Wildman–Crippen LogP) is 25.5. The molecule has 2 aliphatic carbocycles. The first-order valence-corrected chi connectivity index (χ1v) is 39.4. The lowest BCUT2D eigenvalue weighted by molar-refractivity contribution is -0.200. The van der Waals surface area contributed by atoms with E-state index in [4.69, 9.17) is 38.6 Å². The smallest absolute Gasteiger partial charge is 0.319 e. The van der Waals surface area contributed by atoms with E-state index in [1.54, 1.807) is 6.92 Å². The van der Waals surface area contributed by atoms with Crippen LogP contribution in [-0.4, -0.2) is 82.8 Å². The third kappa shape index (κ3) is 21.4. The van der Waals surface area contributed by atoms with Crippen LogP contribution in [0.2, 0.25) is 0 Å². The van der Waals surface area contributed by atoms with Crippen molar-refractivity contribution < 1.29 is 63.7 Å². The molecule has 6 aromatic rings. The van der Waals surface area contributed by atoms with Gasteiger partial charge in [-0.15, -0.1) is 0 Å². The van der Waals surface area contributed by atoms with Crippen LogP contribution in [0, 0.1) is 0 Å². The van der Waals surface area contributed by atoms with Crippen molar-refractivity contribution in [2.75, 3.05) is 38.4 Å². The second-order valence-corrected chi connectivity index (χ2v) is 30.4. The fourth-order valence-corrected chi connectivity index (χ4v) is 16.4. The molecule has 1 unspecified atom stereocenters. The van der Waals surface area contributed by atoms with Gasteiger partial charge in [-0.2, -0.15) is 35.1 Å². The largest absolute Gasteiger partial charge is 0.482 e. The van der Waals surface area contributed by atoms with Gasteiger partial charge in [0.2, 0.25) is 8.77 Å². The van der Waals surface area contributed by atoms with Crippen LogP contribution >= 0.6 is 48.0 Å². The van der Waals surface area contributed by atoms with Gasteiger partial charge >= 0.3 is 35.6 Å².